The Kier molecular flexibility index (Phi) is 5.43. The highest BCUT2D eigenvalue weighted by molar-refractivity contribution is 7.89. The fourth-order valence-electron chi connectivity index (χ4n) is 3.55. The number of benzene rings is 1. The molecule has 1 aromatic carbocycles. The lowest BCUT2D eigenvalue weighted by molar-refractivity contribution is -0.139. The number of carbonyl (C=O) groups excluding carboxylic acids is 2. The summed E-state index contributed by atoms with van der Waals surface area (Å²) in [5, 5.41) is 0. The average Bonchev–Trinajstić information content (AvgIpc) is 3.04. The van der Waals surface area contributed by atoms with Crippen molar-refractivity contribution in [3.63, 3.8) is 0 Å². The highest BCUT2D eigenvalue weighted by Gasteiger charge is 2.45. The minimum Gasteiger partial charge on any atom is -0.496 e. The number of methoxy groups -OCH3 is 1. The Morgan fingerprint density at radius 3 is 2.44 bits per heavy atom. The van der Waals surface area contributed by atoms with Gasteiger partial charge in [-0.2, -0.15) is 0 Å². The van der Waals surface area contributed by atoms with E-state index >= 15 is 0 Å². The molecule has 1 atom stereocenters. The number of carbonyl (C=O) groups is 2. The van der Waals surface area contributed by atoms with Gasteiger partial charge in [0, 0.05) is 32.6 Å². The number of amides is 2. The summed E-state index contributed by atoms with van der Waals surface area (Å²) in [4.78, 5) is 29.1. The van der Waals surface area contributed by atoms with Gasteiger partial charge < -0.3 is 14.5 Å². The van der Waals surface area contributed by atoms with Crippen molar-refractivity contribution in [2.75, 3.05) is 40.3 Å². The van der Waals surface area contributed by atoms with Crippen molar-refractivity contribution in [3.8, 4) is 5.75 Å². The molecule has 2 saturated heterocycles. The summed E-state index contributed by atoms with van der Waals surface area (Å²) in [5.41, 5.74) is 0.646. The van der Waals surface area contributed by atoms with Gasteiger partial charge in [-0.1, -0.05) is 0 Å². The molecule has 2 heterocycles. The molecule has 2 fully saturated rings. The zero-order valence-electron chi connectivity index (χ0n) is 15.8. The van der Waals surface area contributed by atoms with Crippen LogP contribution < -0.4 is 4.74 Å². The summed E-state index contributed by atoms with van der Waals surface area (Å²) < 4.78 is 32.2. The number of sulfonamides is 1. The monoisotopic (exact) mass is 395 g/mol. The number of nitrogens with zero attached hydrogens (tertiary/aromatic N) is 3. The van der Waals surface area contributed by atoms with Crippen molar-refractivity contribution in [1.82, 2.24) is 14.1 Å². The average molecular weight is 395 g/mol. The number of likely N-dealkylation sites (N-methyl/N-ethyl adjacent to an activating group) is 1. The first kappa shape index (κ1) is 19.6. The first-order valence-corrected chi connectivity index (χ1v) is 10.4. The van der Waals surface area contributed by atoms with Gasteiger partial charge in [0.1, 0.15) is 11.8 Å². The first-order chi connectivity index (χ1) is 12.8. The smallest absolute Gasteiger partial charge is 0.267 e. The third-order valence-electron chi connectivity index (χ3n) is 5.18. The predicted molar refractivity (Wildman–Crippen MR) is 98.9 cm³/mol. The summed E-state index contributed by atoms with van der Waals surface area (Å²) in [6, 6.07) is 3.47. The largest absolute Gasteiger partial charge is 0.496 e. The third-order valence-corrected chi connectivity index (χ3v) is 7.01. The zero-order chi connectivity index (χ0) is 19.8. The molecule has 3 rings (SSSR count). The molecule has 0 N–H and O–H groups in total. The van der Waals surface area contributed by atoms with Crippen LogP contribution in [0.3, 0.4) is 0 Å². The number of aryl methyl sites for hydroxylation is 1. The van der Waals surface area contributed by atoms with Crippen molar-refractivity contribution >= 4 is 21.8 Å². The normalized spacial score (nSPS) is 21.6. The number of rotatable bonds is 4. The van der Waals surface area contributed by atoms with E-state index in [1.165, 1.54) is 19.2 Å². The molecule has 0 radical (unpaired) electrons. The second kappa shape index (κ2) is 7.47. The van der Waals surface area contributed by atoms with E-state index in [4.69, 9.17) is 4.74 Å². The molecule has 2 aliphatic rings. The van der Waals surface area contributed by atoms with E-state index in [1.54, 1.807) is 17.9 Å². The molecule has 0 aromatic heterocycles. The molecule has 8 nitrogen and oxygen atoms in total. The van der Waals surface area contributed by atoms with E-state index in [1.807, 2.05) is 7.05 Å². The predicted octanol–water partition coefficient (Wildman–Crippen LogP) is 0.457. The summed E-state index contributed by atoms with van der Waals surface area (Å²) >= 11 is 0. The molecule has 0 aliphatic carbocycles. The maximum absolute atomic E-state index is 13.1. The van der Waals surface area contributed by atoms with Crippen molar-refractivity contribution in [2.45, 2.75) is 30.7 Å². The molecular formula is C18H25N3O5S. The lowest BCUT2D eigenvalue weighted by Gasteiger charge is -2.35. The van der Waals surface area contributed by atoms with Crippen LogP contribution in [0.25, 0.3) is 0 Å². The quantitative estimate of drug-likeness (QED) is 0.736. The van der Waals surface area contributed by atoms with E-state index in [-0.39, 0.29) is 23.6 Å². The highest BCUT2D eigenvalue weighted by atomic mass is 32.2. The van der Waals surface area contributed by atoms with Crippen molar-refractivity contribution in [1.29, 1.82) is 0 Å². The van der Waals surface area contributed by atoms with Gasteiger partial charge in [0.05, 0.1) is 12.0 Å². The number of ether oxygens (including phenoxy) is 1. The van der Waals surface area contributed by atoms with Crippen molar-refractivity contribution < 1.29 is 22.7 Å². The van der Waals surface area contributed by atoms with Crippen LogP contribution in [0.15, 0.2) is 23.1 Å². The van der Waals surface area contributed by atoms with Gasteiger partial charge in [-0.25, -0.2) is 12.7 Å². The Morgan fingerprint density at radius 1 is 1.19 bits per heavy atom. The van der Waals surface area contributed by atoms with Gasteiger partial charge in [-0.3, -0.25) is 9.59 Å². The molecule has 0 spiro atoms. The SMILES string of the molecule is COc1ccc(S(=O)(=O)N2C(=O)CC[C@@H]2C(=O)N2CCN(C)CC2)cc1C. The van der Waals surface area contributed by atoms with Crippen LogP contribution >= 0.6 is 0 Å². The molecule has 27 heavy (non-hydrogen) atoms. The maximum Gasteiger partial charge on any atom is 0.267 e. The topological polar surface area (TPSA) is 87.2 Å². The Balaban J connectivity index is 1.89. The highest BCUT2D eigenvalue weighted by Crippen LogP contribution is 2.30. The summed E-state index contributed by atoms with van der Waals surface area (Å²) in [5.74, 6) is -0.259. The zero-order valence-corrected chi connectivity index (χ0v) is 16.7. The molecular weight excluding hydrogens is 370 g/mol. The molecule has 0 saturated carbocycles. The van der Waals surface area contributed by atoms with E-state index in [0.29, 0.717) is 24.4 Å². The van der Waals surface area contributed by atoms with Crippen LogP contribution in [0.4, 0.5) is 0 Å². The van der Waals surface area contributed by atoms with Gasteiger partial charge in [-0.05, 0) is 44.2 Å². The lowest BCUT2D eigenvalue weighted by atomic mass is 10.2. The number of piperazine rings is 1. The maximum atomic E-state index is 13.1. The Hall–Kier alpha value is -2.13. The summed E-state index contributed by atoms with van der Waals surface area (Å²) in [7, 11) is -0.628. The molecule has 148 valence electrons. The third kappa shape index (κ3) is 3.66. The summed E-state index contributed by atoms with van der Waals surface area (Å²) in [6.07, 6.45) is 0.275. The molecule has 9 heteroatoms. The van der Waals surface area contributed by atoms with Gasteiger partial charge >= 0.3 is 0 Å². The molecule has 2 aliphatic heterocycles. The summed E-state index contributed by atoms with van der Waals surface area (Å²) in [6.45, 7) is 4.27. The van der Waals surface area contributed by atoms with Gasteiger partial charge in [0.2, 0.25) is 11.8 Å². The van der Waals surface area contributed by atoms with Crippen LogP contribution in [-0.2, 0) is 19.6 Å². The van der Waals surface area contributed by atoms with Crippen LogP contribution in [-0.4, -0.2) is 80.7 Å². The Morgan fingerprint density at radius 2 is 1.85 bits per heavy atom. The first-order valence-electron chi connectivity index (χ1n) is 8.95. The second-order valence-electron chi connectivity index (χ2n) is 7.01. The molecule has 0 bridgehead atoms. The molecule has 1 aromatic rings. The van der Waals surface area contributed by atoms with E-state index in [2.05, 4.69) is 4.90 Å². The van der Waals surface area contributed by atoms with Crippen LogP contribution in [0, 0.1) is 6.92 Å². The van der Waals surface area contributed by atoms with Crippen molar-refractivity contribution in [2.24, 2.45) is 0 Å². The molecule has 2 amide bonds. The standard InChI is InChI=1S/C18H25N3O5S/c1-13-12-14(4-6-16(13)26-3)27(24,25)21-15(5-7-17(21)22)18(23)20-10-8-19(2)9-11-20/h4,6,12,15H,5,7-11H2,1-3H3/t15-/m1/s1. The van der Waals surface area contributed by atoms with Gasteiger partial charge in [0.15, 0.2) is 0 Å². The number of hydrogen-bond acceptors (Lipinski definition) is 6. The minimum atomic E-state index is -4.11. The second-order valence-corrected chi connectivity index (χ2v) is 8.82. The fraction of sp³-hybridized carbons (Fsp3) is 0.556. The van der Waals surface area contributed by atoms with Crippen molar-refractivity contribution in [3.05, 3.63) is 23.8 Å². The van der Waals surface area contributed by atoms with Gasteiger partial charge in [-0.15, -0.1) is 0 Å². The number of hydrogen-bond donors (Lipinski definition) is 0. The van der Waals surface area contributed by atoms with Crippen LogP contribution in [0.5, 0.6) is 5.75 Å². The fourth-order valence-corrected chi connectivity index (χ4v) is 5.23. The lowest BCUT2D eigenvalue weighted by Crippen LogP contribution is -2.54. The Bertz CT molecular complexity index is 847. The van der Waals surface area contributed by atoms with Gasteiger partial charge in [0.25, 0.3) is 10.0 Å². The van der Waals surface area contributed by atoms with Crippen LogP contribution in [0.1, 0.15) is 18.4 Å². The van der Waals surface area contributed by atoms with E-state index in [9.17, 15) is 18.0 Å². The minimum absolute atomic E-state index is 0.00720. The Labute approximate surface area is 159 Å². The van der Waals surface area contributed by atoms with E-state index in [0.717, 1.165) is 17.4 Å². The van der Waals surface area contributed by atoms with Crippen LogP contribution in [0.2, 0.25) is 0 Å². The van der Waals surface area contributed by atoms with E-state index < -0.39 is 22.0 Å². The molecule has 0 unspecified atom stereocenters.